The lowest BCUT2D eigenvalue weighted by Gasteiger charge is -2.12. The molecule has 0 radical (unpaired) electrons. The van der Waals surface area contributed by atoms with Crippen molar-refractivity contribution in [3.8, 4) is 5.75 Å². The van der Waals surface area contributed by atoms with Crippen LogP contribution in [0.5, 0.6) is 5.75 Å². The minimum absolute atomic E-state index is 0.165. The number of methoxy groups -OCH3 is 1. The fraction of sp³-hybridized carbons (Fsp3) is 0.400. The maximum absolute atomic E-state index is 13.8. The Kier molecular flexibility index (Phi) is 4.76. The van der Waals surface area contributed by atoms with Gasteiger partial charge in [0.25, 0.3) is 0 Å². The Bertz CT molecular complexity index is 829. The highest BCUT2D eigenvalue weighted by atomic mass is 32.2. The topological polar surface area (TPSA) is 64.4 Å². The Morgan fingerprint density at radius 1 is 1.30 bits per heavy atom. The van der Waals surface area contributed by atoms with Crippen LogP contribution in [0.15, 0.2) is 23.1 Å². The van der Waals surface area contributed by atoms with Crippen LogP contribution in [-0.4, -0.2) is 43.7 Å². The van der Waals surface area contributed by atoms with E-state index in [2.05, 4.69) is 5.10 Å². The molecule has 8 heteroatoms. The van der Waals surface area contributed by atoms with Gasteiger partial charge in [0.05, 0.1) is 25.0 Å². The van der Waals surface area contributed by atoms with Gasteiger partial charge >= 0.3 is 0 Å². The quantitative estimate of drug-likeness (QED) is 0.834. The molecular formula is C15H20FN3O3S. The fourth-order valence-corrected chi connectivity index (χ4v) is 3.63. The summed E-state index contributed by atoms with van der Waals surface area (Å²) >= 11 is 0. The summed E-state index contributed by atoms with van der Waals surface area (Å²) in [7, 11) is 0.781. The van der Waals surface area contributed by atoms with Gasteiger partial charge in [0.1, 0.15) is 4.90 Å². The highest BCUT2D eigenvalue weighted by molar-refractivity contribution is 7.89. The average molecular weight is 341 g/mol. The molecule has 1 aromatic heterocycles. The molecule has 0 saturated carbocycles. The molecule has 0 bridgehead atoms. The number of nitrogens with zero attached hydrogens (tertiary/aromatic N) is 3. The minimum Gasteiger partial charge on any atom is -0.494 e. The first kappa shape index (κ1) is 17.4. The molecule has 0 amide bonds. The maximum atomic E-state index is 13.8. The molecule has 2 rings (SSSR count). The average Bonchev–Trinajstić information content (AvgIpc) is 2.73. The third kappa shape index (κ3) is 3.23. The zero-order valence-corrected chi connectivity index (χ0v) is 14.6. The summed E-state index contributed by atoms with van der Waals surface area (Å²) in [5.74, 6) is -0.300. The number of hydrogen-bond donors (Lipinski definition) is 0. The molecule has 0 spiro atoms. The van der Waals surface area contributed by atoms with E-state index in [0.717, 1.165) is 4.31 Å². The van der Waals surface area contributed by atoms with Gasteiger partial charge < -0.3 is 4.74 Å². The van der Waals surface area contributed by atoms with E-state index in [0.29, 0.717) is 17.0 Å². The summed E-state index contributed by atoms with van der Waals surface area (Å²) in [6.07, 6.45) is 0. The molecule has 6 nitrogen and oxygen atoms in total. The van der Waals surface area contributed by atoms with Crippen molar-refractivity contribution < 1.29 is 17.5 Å². The number of rotatable bonds is 5. The Morgan fingerprint density at radius 3 is 2.48 bits per heavy atom. The Balaban J connectivity index is 2.42. The van der Waals surface area contributed by atoms with Crippen LogP contribution in [0.3, 0.4) is 0 Å². The number of sulfonamides is 1. The molecule has 2 aromatic rings. The van der Waals surface area contributed by atoms with Crippen LogP contribution in [0.2, 0.25) is 0 Å². The monoisotopic (exact) mass is 341 g/mol. The molecule has 0 saturated heterocycles. The first-order valence-electron chi connectivity index (χ1n) is 6.97. The van der Waals surface area contributed by atoms with E-state index >= 15 is 0 Å². The molecular weight excluding hydrogens is 321 g/mol. The first-order valence-corrected chi connectivity index (χ1v) is 8.41. The van der Waals surface area contributed by atoms with Crippen LogP contribution in [0.4, 0.5) is 4.39 Å². The lowest BCUT2D eigenvalue weighted by Crippen LogP contribution is -2.23. The molecule has 1 aromatic carbocycles. The second kappa shape index (κ2) is 6.29. The van der Waals surface area contributed by atoms with E-state index in [1.807, 2.05) is 0 Å². The van der Waals surface area contributed by atoms with E-state index in [1.165, 1.54) is 33.3 Å². The molecule has 1 heterocycles. The molecule has 0 aliphatic heterocycles. The maximum Gasteiger partial charge on any atom is 0.246 e. The van der Waals surface area contributed by atoms with E-state index in [-0.39, 0.29) is 17.2 Å². The van der Waals surface area contributed by atoms with Crippen LogP contribution in [-0.2, 0) is 16.6 Å². The summed E-state index contributed by atoms with van der Waals surface area (Å²) in [6, 6.07) is 4.61. The van der Waals surface area contributed by atoms with Crippen molar-refractivity contribution >= 4 is 10.0 Å². The number of halogens is 1. The standard InChI is InChI=1S/C15H20FN3O3S/c1-10-15(23(20,21)18(3)4)11(2)19(17-10)9-12-6-7-14(22-5)13(16)8-12/h6-8H,9H2,1-5H3. The van der Waals surface area contributed by atoms with E-state index in [1.54, 1.807) is 24.6 Å². The first-order chi connectivity index (χ1) is 10.7. The summed E-state index contributed by atoms with van der Waals surface area (Å²) < 4.78 is 46.1. The van der Waals surface area contributed by atoms with Crippen LogP contribution in [0.1, 0.15) is 17.0 Å². The number of benzene rings is 1. The Labute approximate surface area is 135 Å². The fourth-order valence-electron chi connectivity index (χ4n) is 2.37. The van der Waals surface area contributed by atoms with Crippen LogP contribution < -0.4 is 4.74 Å². The summed E-state index contributed by atoms with van der Waals surface area (Å²) in [6.45, 7) is 3.61. The van der Waals surface area contributed by atoms with Gasteiger partial charge in [0.2, 0.25) is 10.0 Å². The lowest BCUT2D eigenvalue weighted by atomic mass is 10.2. The van der Waals surface area contributed by atoms with Crippen molar-refractivity contribution in [2.45, 2.75) is 25.3 Å². The second-order valence-electron chi connectivity index (χ2n) is 5.41. The van der Waals surface area contributed by atoms with Crippen molar-refractivity contribution in [1.29, 1.82) is 0 Å². The SMILES string of the molecule is COc1ccc(Cn2nc(C)c(S(=O)(=O)N(C)C)c2C)cc1F. The highest BCUT2D eigenvalue weighted by Crippen LogP contribution is 2.24. The van der Waals surface area contributed by atoms with Gasteiger partial charge in [-0.25, -0.2) is 17.1 Å². The number of aromatic nitrogens is 2. The van der Waals surface area contributed by atoms with Gasteiger partial charge in [-0.3, -0.25) is 4.68 Å². The molecule has 0 aliphatic carbocycles. The Hall–Kier alpha value is -1.93. The van der Waals surface area contributed by atoms with Crippen molar-refractivity contribution in [3.05, 3.63) is 41.0 Å². The summed E-state index contributed by atoms with van der Waals surface area (Å²) in [5, 5.41) is 4.28. The zero-order chi connectivity index (χ0) is 17.4. The third-order valence-electron chi connectivity index (χ3n) is 3.60. The van der Waals surface area contributed by atoms with Crippen molar-refractivity contribution in [2.24, 2.45) is 0 Å². The van der Waals surface area contributed by atoms with E-state index in [9.17, 15) is 12.8 Å². The largest absolute Gasteiger partial charge is 0.494 e. The van der Waals surface area contributed by atoms with Gasteiger partial charge in [0.15, 0.2) is 11.6 Å². The number of ether oxygens (including phenoxy) is 1. The zero-order valence-electron chi connectivity index (χ0n) is 13.8. The molecule has 0 N–H and O–H groups in total. The predicted molar refractivity (Wildman–Crippen MR) is 84.6 cm³/mol. The highest BCUT2D eigenvalue weighted by Gasteiger charge is 2.26. The van der Waals surface area contributed by atoms with E-state index < -0.39 is 15.8 Å². The van der Waals surface area contributed by atoms with Crippen LogP contribution in [0, 0.1) is 19.7 Å². The van der Waals surface area contributed by atoms with E-state index in [4.69, 9.17) is 4.74 Å². The smallest absolute Gasteiger partial charge is 0.246 e. The van der Waals surface area contributed by atoms with Gasteiger partial charge in [-0.2, -0.15) is 5.10 Å². The minimum atomic E-state index is -3.57. The predicted octanol–water partition coefficient (Wildman–Crippen LogP) is 1.95. The normalized spacial score (nSPS) is 12.0. The van der Waals surface area contributed by atoms with Gasteiger partial charge in [0, 0.05) is 14.1 Å². The van der Waals surface area contributed by atoms with Crippen molar-refractivity contribution in [1.82, 2.24) is 14.1 Å². The molecule has 23 heavy (non-hydrogen) atoms. The summed E-state index contributed by atoms with van der Waals surface area (Å²) in [4.78, 5) is 0.191. The van der Waals surface area contributed by atoms with Gasteiger partial charge in [-0.1, -0.05) is 6.07 Å². The molecule has 0 aliphatic rings. The molecule has 0 atom stereocenters. The Morgan fingerprint density at radius 2 is 1.96 bits per heavy atom. The summed E-state index contributed by atoms with van der Waals surface area (Å²) in [5.41, 5.74) is 1.61. The van der Waals surface area contributed by atoms with Crippen molar-refractivity contribution in [3.63, 3.8) is 0 Å². The third-order valence-corrected chi connectivity index (χ3v) is 5.67. The molecule has 0 fully saturated rings. The van der Waals surface area contributed by atoms with Crippen molar-refractivity contribution in [2.75, 3.05) is 21.2 Å². The lowest BCUT2D eigenvalue weighted by molar-refractivity contribution is 0.386. The van der Waals surface area contributed by atoms with Crippen LogP contribution >= 0.6 is 0 Å². The van der Waals surface area contributed by atoms with Gasteiger partial charge in [-0.05, 0) is 31.5 Å². The number of aryl methyl sites for hydroxylation is 1. The van der Waals surface area contributed by atoms with Crippen LogP contribution in [0.25, 0.3) is 0 Å². The van der Waals surface area contributed by atoms with Gasteiger partial charge in [-0.15, -0.1) is 0 Å². The number of hydrogen-bond acceptors (Lipinski definition) is 4. The molecule has 126 valence electrons. The second-order valence-corrected chi connectivity index (χ2v) is 7.50. The molecule has 0 unspecified atom stereocenters.